The number of aliphatic imine (C=N–C) groups is 1. The zero-order chi connectivity index (χ0) is 11.0. The van der Waals surface area contributed by atoms with Crippen molar-refractivity contribution in [3.8, 4) is 0 Å². The molecule has 0 saturated heterocycles. The molecule has 0 aliphatic carbocycles. The summed E-state index contributed by atoms with van der Waals surface area (Å²) in [5, 5.41) is 13.0. The van der Waals surface area contributed by atoms with Crippen molar-refractivity contribution in [2.24, 2.45) is 10.9 Å². The topological polar surface area (TPSA) is 44.6 Å². The van der Waals surface area contributed by atoms with Gasteiger partial charge in [0.05, 0.1) is 11.2 Å². The molecular formula is C11H20N2O. The first-order chi connectivity index (χ1) is 6.26. The van der Waals surface area contributed by atoms with Crippen molar-refractivity contribution in [2.45, 2.75) is 45.8 Å². The smallest absolute Gasteiger partial charge is 0.102 e. The molecule has 0 aromatic heterocycles. The number of hydrogen-bond acceptors (Lipinski definition) is 3. The fraction of sp³-hybridized carbons (Fsp3) is 0.727. The monoisotopic (exact) mass is 196 g/mol. The number of nitrogens with one attached hydrogen (secondary N) is 1. The first-order valence-corrected chi connectivity index (χ1v) is 5.01. The fourth-order valence-electron chi connectivity index (χ4n) is 1.15. The summed E-state index contributed by atoms with van der Waals surface area (Å²) in [5.74, 6) is 0.464. The van der Waals surface area contributed by atoms with Crippen LogP contribution in [-0.2, 0) is 0 Å². The van der Waals surface area contributed by atoms with Crippen LogP contribution in [0, 0.1) is 5.92 Å². The Labute approximate surface area is 85.9 Å². The quantitative estimate of drug-likeness (QED) is 0.706. The van der Waals surface area contributed by atoms with Crippen LogP contribution >= 0.6 is 0 Å². The van der Waals surface area contributed by atoms with Crippen LogP contribution in [0.3, 0.4) is 0 Å². The minimum atomic E-state index is -0.873. The lowest BCUT2D eigenvalue weighted by Crippen LogP contribution is -2.48. The average Bonchev–Trinajstić information content (AvgIpc) is 2.03. The zero-order valence-corrected chi connectivity index (χ0v) is 9.63. The summed E-state index contributed by atoms with van der Waals surface area (Å²) in [4.78, 5) is 4.30. The van der Waals surface area contributed by atoms with Gasteiger partial charge in [-0.2, -0.15) is 0 Å². The number of aliphatic hydroxyl groups is 1. The third-order valence-corrected chi connectivity index (χ3v) is 2.82. The molecule has 0 spiro atoms. The highest BCUT2D eigenvalue weighted by atomic mass is 16.3. The summed E-state index contributed by atoms with van der Waals surface area (Å²) in [6.07, 6.45) is 3.69. The van der Waals surface area contributed by atoms with Gasteiger partial charge in [0.15, 0.2) is 0 Å². The van der Waals surface area contributed by atoms with Crippen LogP contribution in [0.4, 0.5) is 0 Å². The number of nitrogens with zero attached hydrogens (tertiary/aromatic N) is 1. The number of rotatable bonds is 2. The summed E-state index contributed by atoms with van der Waals surface area (Å²) in [6, 6.07) is 0. The van der Waals surface area contributed by atoms with Gasteiger partial charge >= 0.3 is 0 Å². The second-order valence-corrected chi connectivity index (χ2v) is 4.93. The van der Waals surface area contributed by atoms with E-state index in [-0.39, 0.29) is 5.54 Å². The van der Waals surface area contributed by atoms with Gasteiger partial charge in [0.1, 0.15) is 5.60 Å². The number of hydrogen-bond donors (Lipinski definition) is 2. The summed E-state index contributed by atoms with van der Waals surface area (Å²) >= 11 is 0. The molecular weight excluding hydrogens is 176 g/mol. The lowest BCUT2D eigenvalue weighted by molar-refractivity contribution is 0.116. The van der Waals surface area contributed by atoms with Crippen molar-refractivity contribution in [3.05, 3.63) is 11.9 Å². The molecule has 14 heavy (non-hydrogen) atoms. The molecule has 2 N–H and O–H groups in total. The Morgan fingerprint density at radius 3 is 2.36 bits per heavy atom. The van der Waals surface area contributed by atoms with Gasteiger partial charge in [0.25, 0.3) is 0 Å². The highest BCUT2D eigenvalue weighted by molar-refractivity contribution is 5.73. The molecule has 3 nitrogen and oxygen atoms in total. The molecule has 3 heteroatoms. The minimum absolute atomic E-state index is 0.102. The third kappa shape index (κ3) is 2.15. The highest BCUT2D eigenvalue weighted by Gasteiger charge is 2.30. The van der Waals surface area contributed by atoms with Gasteiger partial charge in [-0.25, -0.2) is 0 Å². The molecule has 0 bridgehead atoms. The van der Waals surface area contributed by atoms with Crippen LogP contribution in [0.25, 0.3) is 0 Å². The second kappa shape index (κ2) is 3.39. The van der Waals surface area contributed by atoms with E-state index in [1.807, 2.05) is 6.21 Å². The van der Waals surface area contributed by atoms with Crippen LogP contribution in [0.1, 0.15) is 34.6 Å². The molecule has 0 saturated carbocycles. The largest absolute Gasteiger partial charge is 0.384 e. The summed E-state index contributed by atoms with van der Waals surface area (Å²) in [7, 11) is 0. The van der Waals surface area contributed by atoms with E-state index >= 15 is 0 Å². The Bertz CT molecular complexity index is 274. The molecule has 1 aliphatic rings. The van der Waals surface area contributed by atoms with E-state index in [1.54, 1.807) is 20.0 Å². The van der Waals surface area contributed by atoms with Gasteiger partial charge in [0.2, 0.25) is 0 Å². The first kappa shape index (κ1) is 11.2. The van der Waals surface area contributed by atoms with E-state index < -0.39 is 5.60 Å². The Morgan fingerprint density at radius 2 is 2.07 bits per heavy atom. The standard InChI is InChI=1S/C11H20N2O/c1-8(2)11(5)7-12-9(6-13-11)10(3,4)14/h6-8,13-14H,1-5H3. The molecule has 1 aliphatic heterocycles. The molecule has 1 unspecified atom stereocenters. The van der Waals surface area contributed by atoms with Gasteiger partial charge in [0, 0.05) is 12.4 Å². The van der Waals surface area contributed by atoms with Crippen molar-refractivity contribution < 1.29 is 5.11 Å². The maximum Gasteiger partial charge on any atom is 0.102 e. The first-order valence-electron chi connectivity index (χ1n) is 5.01. The van der Waals surface area contributed by atoms with E-state index in [4.69, 9.17) is 0 Å². The van der Waals surface area contributed by atoms with E-state index in [9.17, 15) is 5.11 Å². The van der Waals surface area contributed by atoms with Gasteiger partial charge in [-0.05, 0) is 26.7 Å². The lowest BCUT2D eigenvalue weighted by Gasteiger charge is -2.34. The Balaban J connectivity index is 2.81. The van der Waals surface area contributed by atoms with Gasteiger partial charge in [-0.3, -0.25) is 4.99 Å². The zero-order valence-electron chi connectivity index (χ0n) is 9.63. The van der Waals surface area contributed by atoms with Crippen LogP contribution < -0.4 is 5.32 Å². The van der Waals surface area contributed by atoms with Crippen molar-refractivity contribution in [2.75, 3.05) is 0 Å². The SMILES string of the molecule is CC(C)C1(C)C=NC(C(C)(C)O)=CN1. The summed E-state index contributed by atoms with van der Waals surface area (Å²) in [5.41, 5.74) is -0.299. The Hall–Kier alpha value is -0.830. The third-order valence-electron chi connectivity index (χ3n) is 2.82. The predicted molar refractivity (Wildman–Crippen MR) is 59.3 cm³/mol. The van der Waals surface area contributed by atoms with E-state index in [0.717, 1.165) is 0 Å². The Kier molecular flexibility index (Phi) is 2.72. The fourth-order valence-corrected chi connectivity index (χ4v) is 1.15. The molecule has 1 rings (SSSR count). The second-order valence-electron chi connectivity index (χ2n) is 4.93. The van der Waals surface area contributed by atoms with Crippen molar-refractivity contribution >= 4 is 6.21 Å². The minimum Gasteiger partial charge on any atom is -0.384 e. The van der Waals surface area contributed by atoms with E-state index in [2.05, 4.69) is 31.1 Å². The molecule has 1 atom stereocenters. The van der Waals surface area contributed by atoms with Crippen LogP contribution in [-0.4, -0.2) is 22.5 Å². The predicted octanol–water partition coefficient (Wildman–Crippen LogP) is 1.69. The molecule has 80 valence electrons. The Morgan fingerprint density at radius 1 is 1.50 bits per heavy atom. The van der Waals surface area contributed by atoms with E-state index in [0.29, 0.717) is 11.6 Å². The average molecular weight is 196 g/mol. The maximum absolute atomic E-state index is 9.73. The molecule has 1 heterocycles. The molecule has 0 aromatic rings. The van der Waals surface area contributed by atoms with Crippen molar-refractivity contribution in [1.82, 2.24) is 5.32 Å². The molecule has 0 radical (unpaired) electrons. The van der Waals surface area contributed by atoms with Crippen LogP contribution in [0.2, 0.25) is 0 Å². The highest BCUT2D eigenvalue weighted by Crippen LogP contribution is 2.23. The van der Waals surface area contributed by atoms with Gasteiger partial charge in [-0.1, -0.05) is 13.8 Å². The maximum atomic E-state index is 9.73. The van der Waals surface area contributed by atoms with Gasteiger partial charge < -0.3 is 10.4 Å². The van der Waals surface area contributed by atoms with E-state index in [1.165, 1.54) is 0 Å². The van der Waals surface area contributed by atoms with Crippen LogP contribution in [0.5, 0.6) is 0 Å². The van der Waals surface area contributed by atoms with Crippen molar-refractivity contribution in [3.63, 3.8) is 0 Å². The van der Waals surface area contributed by atoms with Crippen molar-refractivity contribution in [1.29, 1.82) is 0 Å². The van der Waals surface area contributed by atoms with Crippen LogP contribution in [0.15, 0.2) is 16.9 Å². The molecule has 0 fully saturated rings. The van der Waals surface area contributed by atoms with Gasteiger partial charge in [-0.15, -0.1) is 0 Å². The normalized spacial score (nSPS) is 27.5. The molecule has 0 aromatic carbocycles. The lowest BCUT2D eigenvalue weighted by atomic mass is 9.88. The summed E-state index contributed by atoms with van der Waals surface area (Å²) in [6.45, 7) is 9.84. The molecule has 0 amide bonds. The summed E-state index contributed by atoms with van der Waals surface area (Å²) < 4.78 is 0.